The Morgan fingerprint density at radius 3 is 2.76 bits per heavy atom. The Bertz CT molecular complexity index is 324. The molecule has 0 aliphatic carbocycles. The summed E-state index contributed by atoms with van der Waals surface area (Å²) in [4.78, 5) is 25.4. The highest BCUT2D eigenvalue weighted by Gasteiger charge is 2.40. The van der Waals surface area contributed by atoms with E-state index in [0.717, 1.165) is 38.8 Å². The number of piperidine rings is 1. The van der Waals surface area contributed by atoms with Gasteiger partial charge in [0, 0.05) is 13.1 Å². The summed E-state index contributed by atoms with van der Waals surface area (Å²) < 4.78 is 0. The molecule has 96 valence electrons. The fourth-order valence-electron chi connectivity index (χ4n) is 2.82. The van der Waals surface area contributed by atoms with Crippen molar-refractivity contribution in [2.24, 2.45) is 11.7 Å². The molecule has 2 heterocycles. The number of carbonyl (C=O) groups is 2. The van der Waals surface area contributed by atoms with E-state index in [1.54, 1.807) is 4.90 Å². The first-order chi connectivity index (χ1) is 8.03. The second-order valence-electron chi connectivity index (χ2n) is 5.36. The molecule has 0 aromatic rings. The fourth-order valence-corrected chi connectivity index (χ4v) is 2.82. The van der Waals surface area contributed by atoms with Crippen molar-refractivity contribution in [2.75, 3.05) is 19.6 Å². The molecule has 0 aromatic heterocycles. The molecule has 5 nitrogen and oxygen atoms in total. The Kier molecular flexibility index (Phi) is 3.38. The molecule has 2 saturated heterocycles. The SMILES string of the molecule is CC1(C(=O)N2CCCC(C(N)=O)C2)CCCN1. The van der Waals surface area contributed by atoms with E-state index in [4.69, 9.17) is 5.73 Å². The molecule has 0 radical (unpaired) electrons. The molecule has 0 aromatic carbocycles. The highest BCUT2D eigenvalue weighted by molar-refractivity contribution is 5.87. The van der Waals surface area contributed by atoms with Gasteiger partial charge in [-0.05, 0) is 39.2 Å². The predicted octanol–water partition coefficient (Wildman–Crippen LogP) is -0.148. The largest absolute Gasteiger partial charge is 0.369 e. The van der Waals surface area contributed by atoms with Crippen LogP contribution in [0.15, 0.2) is 0 Å². The average molecular weight is 239 g/mol. The molecular formula is C12H21N3O2. The van der Waals surface area contributed by atoms with Gasteiger partial charge in [-0.1, -0.05) is 0 Å². The van der Waals surface area contributed by atoms with Crippen molar-refractivity contribution < 1.29 is 9.59 Å². The number of nitrogens with zero attached hydrogens (tertiary/aromatic N) is 1. The molecule has 2 aliphatic heterocycles. The van der Waals surface area contributed by atoms with Gasteiger partial charge in [-0.15, -0.1) is 0 Å². The quantitative estimate of drug-likeness (QED) is 0.704. The van der Waals surface area contributed by atoms with Crippen LogP contribution in [-0.2, 0) is 9.59 Å². The molecule has 3 N–H and O–H groups in total. The van der Waals surface area contributed by atoms with Crippen LogP contribution < -0.4 is 11.1 Å². The molecule has 5 heteroatoms. The zero-order valence-electron chi connectivity index (χ0n) is 10.4. The zero-order valence-corrected chi connectivity index (χ0v) is 10.4. The minimum atomic E-state index is -0.431. The summed E-state index contributed by atoms with van der Waals surface area (Å²) in [5.41, 5.74) is 4.89. The average Bonchev–Trinajstić information content (AvgIpc) is 2.76. The summed E-state index contributed by atoms with van der Waals surface area (Å²) in [5.74, 6) is -0.328. The summed E-state index contributed by atoms with van der Waals surface area (Å²) in [6, 6.07) is 0. The van der Waals surface area contributed by atoms with Gasteiger partial charge in [0.1, 0.15) is 0 Å². The van der Waals surface area contributed by atoms with Gasteiger partial charge in [-0.25, -0.2) is 0 Å². The van der Waals surface area contributed by atoms with E-state index in [9.17, 15) is 9.59 Å². The monoisotopic (exact) mass is 239 g/mol. The third-order valence-electron chi connectivity index (χ3n) is 3.95. The number of hydrogen-bond donors (Lipinski definition) is 2. The number of likely N-dealkylation sites (tertiary alicyclic amines) is 1. The van der Waals surface area contributed by atoms with Crippen LogP contribution in [0.25, 0.3) is 0 Å². The molecule has 2 fully saturated rings. The normalized spacial score (nSPS) is 33.7. The van der Waals surface area contributed by atoms with Crippen LogP contribution >= 0.6 is 0 Å². The van der Waals surface area contributed by atoms with Crippen LogP contribution in [0.4, 0.5) is 0 Å². The molecule has 0 bridgehead atoms. The maximum Gasteiger partial charge on any atom is 0.242 e. The Balaban J connectivity index is 2.01. The second kappa shape index (κ2) is 4.64. The highest BCUT2D eigenvalue weighted by Crippen LogP contribution is 2.24. The third kappa shape index (κ3) is 2.44. The Morgan fingerprint density at radius 1 is 1.41 bits per heavy atom. The molecule has 2 atom stereocenters. The fraction of sp³-hybridized carbons (Fsp3) is 0.833. The van der Waals surface area contributed by atoms with Crippen molar-refractivity contribution >= 4 is 11.8 Å². The van der Waals surface area contributed by atoms with Crippen LogP contribution in [0.3, 0.4) is 0 Å². The van der Waals surface area contributed by atoms with E-state index in [-0.39, 0.29) is 17.7 Å². The molecular weight excluding hydrogens is 218 g/mol. The number of primary amides is 1. The lowest BCUT2D eigenvalue weighted by Gasteiger charge is -2.36. The van der Waals surface area contributed by atoms with Gasteiger partial charge in [0.05, 0.1) is 11.5 Å². The summed E-state index contributed by atoms with van der Waals surface area (Å²) in [6.07, 6.45) is 3.59. The van der Waals surface area contributed by atoms with Gasteiger partial charge in [0.15, 0.2) is 0 Å². The highest BCUT2D eigenvalue weighted by atomic mass is 16.2. The Labute approximate surface area is 102 Å². The molecule has 0 saturated carbocycles. The number of amides is 2. The third-order valence-corrected chi connectivity index (χ3v) is 3.95. The minimum absolute atomic E-state index is 0.126. The maximum absolute atomic E-state index is 12.4. The van der Waals surface area contributed by atoms with E-state index in [0.29, 0.717) is 6.54 Å². The van der Waals surface area contributed by atoms with Crippen LogP contribution in [0.5, 0.6) is 0 Å². The number of rotatable bonds is 2. The second-order valence-corrected chi connectivity index (χ2v) is 5.36. The number of nitrogens with one attached hydrogen (secondary N) is 1. The number of hydrogen-bond acceptors (Lipinski definition) is 3. The van der Waals surface area contributed by atoms with Gasteiger partial charge in [-0.2, -0.15) is 0 Å². The van der Waals surface area contributed by atoms with Crippen molar-refractivity contribution in [3.63, 3.8) is 0 Å². The van der Waals surface area contributed by atoms with E-state index >= 15 is 0 Å². The van der Waals surface area contributed by atoms with E-state index in [1.165, 1.54) is 0 Å². The van der Waals surface area contributed by atoms with Crippen LogP contribution in [0.1, 0.15) is 32.6 Å². The molecule has 2 unspecified atom stereocenters. The Hall–Kier alpha value is -1.10. The Morgan fingerprint density at radius 2 is 2.18 bits per heavy atom. The summed E-state index contributed by atoms with van der Waals surface area (Å²) in [7, 11) is 0. The molecule has 2 amide bonds. The minimum Gasteiger partial charge on any atom is -0.369 e. The summed E-state index contributed by atoms with van der Waals surface area (Å²) >= 11 is 0. The summed E-state index contributed by atoms with van der Waals surface area (Å²) in [5, 5.41) is 3.27. The van der Waals surface area contributed by atoms with Crippen molar-refractivity contribution in [2.45, 2.75) is 38.1 Å². The van der Waals surface area contributed by atoms with E-state index in [2.05, 4.69) is 5.32 Å². The first kappa shape index (κ1) is 12.4. The van der Waals surface area contributed by atoms with Gasteiger partial charge in [0.2, 0.25) is 11.8 Å². The number of nitrogens with two attached hydrogens (primary N) is 1. The topological polar surface area (TPSA) is 75.4 Å². The van der Waals surface area contributed by atoms with Crippen LogP contribution in [0.2, 0.25) is 0 Å². The maximum atomic E-state index is 12.4. The predicted molar refractivity (Wildman–Crippen MR) is 64.1 cm³/mol. The van der Waals surface area contributed by atoms with Gasteiger partial charge in [0.25, 0.3) is 0 Å². The van der Waals surface area contributed by atoms with Crippen molar-refractivity contribution in [3.8, 4) is 0 Å². The smallest absolute Gasteiger partial charge is 0.242 e. The lowest BCUT2D eigenvalue weighted by molar-refractivity contribution is -0.140. The van der Waals surface area contributed by atoms with Gasteiger partial charge < -0.3 is 16.0 Å². The van der Waals surface area contributed by atoms with Crippen molar-refractivity contribution in [1.29, 1.82) is 0 Å². The van der Waals surface area contributed by atoms with Crippen molar-refractivity contribution in [1.82, 2.24) is 10.2 Å². The van der Waals surface area contributed by atoms with Crippen LogP contribution in [-0.4, -0.2) is 41.9 Å². The molecule has 2 aliphatic rings. The lowest BCUT2D eigenvalue weighted by atomic mass is 9.93. The molecule has 2 rings (SSSR count). The summed E-state index contributed by atoms with van der Waals surface area (Å²) in [6.45, 7) is 4.09. The van der Waals surface area contributed by atoms with Gasteiger partial charge >= 0.3 is 0 Å². The molecule has 0 spiro atoms. The first-order valence-electron chi connectivity index (χ1n) is 6.37. The van der Waals surface area contributed by atoms with E-state index < -0.39 is 5.54 Å². The van der Waals surface area contributed by atoms with Crippen molar-refractivity contribution in [3.05, 3.63) is 0 Å². The first-order valence-corrected chi connectivity index (χ1v) is 6.37. The number of carbonyl (C=O) groups excluding carboxylic acids is 2. The zero-order chi connectivity index (χ0) is 12.5. The van der Waals surface area contributed by atoms with Gasteiger partial charge in [-0.3, -0.25) is 9.59 Å². The lowest BCUT2D eigenvalue weighted by Crippen LogP contribution is -2.56. The van der Waals surface area contributed by atoms with Crippen LogP contribution in [0, 0.1) is 5.92 Å². The molecule has 17 heavy (non-hydrogen) atoms. The standard InChI is InChI=1S/C12H21N3O2/c1-12(5-3-6-14-12)11(17)15-7-2-4-9(8-15)10(13)16/h9,14H,2-8H2,1H3,(H2,13,16). The van der Waals surface area contributed by atoms with E-state index in [1.807, 2.05) is 6.92 Å².